The maximum absolute atomic E-state index is 12.6. The molecule has 0 aliphatic heterocycles. The van der Waals surface area contributed by atoms with Crippen molar-refractivity contribution in [1.29, 1.82) is 0 Å². The summed E-state index contributed by atoms with van der Waals surface area (Å²) in [5.74, 6) is -5.98. The number of benzene rings is 1. The predicted octanol–water partition coefficient (Wildman–Crippen LogP) is 1.70. The van der Waals surface area contributed by atoms with Crippen molar-refractivity contribution in [2.24, 2.45) is 5.73 Å². The summed E-state index contributed by atoms with van der Waals surface area (Å²) in [7, 11) is 0. The van der Waals surface area contributed by atoms with Crippen molar-refractivity contribution in [1.82, 2.24) is 0 Å². The van der Waals surface area contributed by atoms with Crippen LogP contribution < -0.4 is 5.73 Å². The average Bonchev–Trinajstić information content (AvgIpc) is 2.01. The molecule has 1 aromatic rings. The molecule has 1 rings (SSSR count). The number of halogens is 4. The van der Waals surface area contributed by atoms with Crippen molar-refractivity contribution in [3.63, 3.8) is 0 Å². The van der Waals surface area contributed by atoms with Crippen LogP contribution in [0.3, 0.4) is 0 Å². The zero-order chi connectivity index (χ0) is 9.30. The number of rotatable bonds is 1. The lowest BCUT2D eigenvalue weighted by Crippen LogP contribution is -2.07. The van der Waals surface area contributed by atoms with E-state index in [9.17, 15) is 17.6 Å². The third-order valence-electron chi connectivity index (χ3n) is 1.41. The minimum Gasteiger partial charge on any atom is -0.326 e. The first-order chi connectivity index (χ1) is 5.57. The molecular weight excluding hydrogens is 174 g/mol. The van der Waals surface area contributed by atoms with E-state index in [1.807, 2.05) is 0 Å². The summed E-state index contributed by atoms with van der Waals surface area (Å²) in [6.07, 6.45) is 0. The highest BCUT2D eigenvalue weighted by atomic mass is 19.2. The number of nitrogens with two attached hydrogens (primary N) is 1. The molecule has 0 saturated carbocycles. The van der Waals surface area contributed by atoms with Gasteiger partial charge >= 0.3 is 0 Å². The Morgan fingerprint density at radius 2 is 1.58 bits per heavy atom. The smallest absolute Gasteiger partial charge is 0.194 e. The van der Waals surface area contributed by atoms with Gasteiger partial charge in [-0.3, -0.25) is 0 Å². The molecule has 0 aliphatic rings. The molecule has 0 unspecified atom stereocenters. The highest BCUT2D eigenvalue weighted by Crippen LogP contribution is 2.18. The molecule has 5 heteroatoms. The molecule has 0 bridgehead atoms. The van der Waals surface area contributed by atoms with Crippen molar-refractivity contribution in [2.75, 3.05) is 0 Å². The third kappa shape index (κ3) is 1.27. The van der Waals surface area contributed by atoms with Gasteiger partial charge in [-0.15, -0.1) is 0 Å². The first-order valence-corrected chi connectivity index (χ1v) is 3.10. The van der Waals surface area contributed by atoms with E-state index in [4.69, 9.17) is 5.73 Å². The summed E-state index contributed by atoms with van der Waals surface area (Å²) < 4.78 is 49.8. The van der Waals surface area contributed by atoms with Crippen LogP contribution in [-0.2, 0) is 6.54 Å². The van der Waals surface area contributed by atoms with Crippen LogP contribution in [0.4, 0.5) is 17.6 Å². The molecule has 0 spiro atoms. The second kappa shape index (κ2) is 3.10. The fourth-order valence-corrected chi connectivity index (χ4v) is 0.791. The Kier molecular flexibility index (Phi) is 2.32. The topological polar surface area (TPSA) is 26.0 Å². The Bertz CT molecular complexity index is 311. The summed E-state index contributed by atoms with van der Waals surface area (Å²) in [6.45, 7) is -0.505. The van der Waals surface area contributed by atoms with Crippen LogP contribution >= 0.6 is 0 Å². The summed E-state index contributed by atoms with van der Waals surface area (Å²) in [4.78, 5) is 0. The fraction of sp³-hybridized carbons (Fsp3) is 0.143. The molecule has 12 heavy (non-hydrogen) atoms. The van der Waals surface area contributed by atoms with Crippen molar-refractivity contribution < 1.29 is 17.6 Å². The molecule has 2 N–H and O–H groups in total. The second-order valence-electron chi connectivity index (χ2n) is 2.15. The lowest BCUT2D eigenvalue weighted by atomic mass is 10.2. The molecular formula is C7H5F4N. The Balaban J connectivity index is 3.40. The molecule has 0 saturated heterocycles. The zero-order valence-corrected chi connectivity index (χ0v) is 5.87. The Labute approximate surface area is 65.8 Å². The zero-order valence-electron chi connectivity index (χ0n) is 5.87. The molecule has 66 valence electrons. The largest absolute Gasteiger partial charge is 0.326 e. The summed E-state index contributed by atoms with van der Waals surface area (Å²) in [5, 5.41) is 0. The Morgan fingerprint density at radius 3 is 2.08 bits per heavy atom. The SMILES string of the molecule is NCc1c(F)cc(F)c(F)c1F. The first-order valence-electron chi connectivity index (χ1n) is 3.10. The van der Waals surface area contributed by atoms with Gasteiger partial charge in [0.2, 0.25) is 0 Å². The Morgan fingerprint density at radius 1 is 1.00 bits per heavy atom. The first kappa shape index (κ1) is 8.99. The molecule has 0 amide bonds. The third-order valence-corrected chi connectivity index (χ3v) is 1.41. The van der Waals surface area contributed by atoms with Crippen LogP contribution in [0, 0.1) is 23.3 Å². The van der Waals surface area contributed by atoms with Gasteiger partial charge in [0, 0.05) is 18.2 Å². The van der Waals surface area contributed by atoms with Crippen molar-refractivity contribution in [3.8, 4) is 0 Å². The molecule has 0 heterocycles. The van der Waals surface area contributed by atoms with Crippen LogP contribution in [0.5, 0.6) is 0 Å². The maximum atomic E-state index is 12.6. The normalized spacial score (nSPS) is 10.4. The van der Waals surface area contributed by atoms with Crippen LogP contribution in [-0.4, -0.2) is 0 Å². The van der Waals surface area contributed by atoms with Crippen molar-refractivity contribution >= 4 is 0 Å². The van der Waals surface area contributed by atoms with Gasteiger partial charge in [-0.1, -0.05) is 0 Å². The molecule has 0 aliphatic carbocycles. The number of hydrogen-bond donors (Lipinski definition) is 1. The van der Waals surface area contributed by atoms with Gasteiger partial charge in [0.25, 0.3) is 0 Å². The van der Waals surface area contributed by atoms with Crippen LogP contribution in [0.1, 0.15) is 5.56 Å². The minimum atomic E-state index is -1.70. The summed E-state index contributed by atoms with van der Waals surface area (Å²) >= 11 is 0. The van der Waals surface area contributed by atoms with Gasteiger partial charge in [-0.25, -0.2) is 17.6 Å². The second-order valence-corrected chi connectivity index (χ2v) is 2.15. The van der Waals surface area contributed by atoms with Crippen LogP contribution in [0.2, 0.25) is 0 Å². The van der Waals surface area contributed by atoms with E-state index in [2.05, 4.69) is 0 Å². The van der Waals surface area contributed by atoms with Crippen molar-refractivity contribution in [2.45, 2.75) is 6.54 Å². The quantitative estimate of drug-likeness (QED) is 0.396. The van der Waals surface area contributed by atoms with E-state index in [0.29, 0.717) is 0 Å². The highest BCUT2D eigenvalue weighted by Gasteiger charge is 2.17. The van der Waals surface area contributed by atoms with Gasteiger partial charge in [-0.2, -0.15) is 0 Å². The predicted molar refractivity (Wildman–Crippen MR) is 34.2 cm³/mol. The monoisotopic (exact) mass is 179 g/mol. The lowest BCUT2D eigenvalue weighted by molar-refractivity contribution is 0.425. The van der Waals surface area contributed by atoms with Gasteiger partial charge in [0.1, 0.15) is 5.82 Å². The molecule has 0 radical (unpaired) electrons. The van der Waals surface area contributed by atoms with Gasteiger partial charge in [0.15, 0.2) is 17.5 Å². The van der Waals surface area contributed by atoms with E-state index in [-0.39, 0.29) is 6.07 Å². The lowest BCUT2D eigenvalue weighted by Gasteiger charge is -2.02. The summed E-state index contributed by atoms with van der Waals surface area (Å²) in [6, 6.07) is 0.264. The molecule has 0 fully saturated rings. The van der Waals surface area contributed by atoms with Crippen LogP contribution in [0.25, 0.3) is 0 Å². The molecule has 0 aromatic heterocycles. The van der Waals surface area contributed by atoms with E-state index < -0.39 is 35.4 Å². The van der Waals surface area contributed by atoms with E-state index in [0.717, 1.165) is 0 Å². The van der Waals surface area contributed by atoms with Gasteiger partial charge < -0.3 is 5.73 Å². The number of hydrogen-bond acceptors (Lipinski definition) is 1. The molecule has 1 aromatic carbocycles. The van der Waals surface area contributed by atoms with Crippen molar-refractivity contribution in [3.05, 3.63) is 34.9 Å². The molecule has 1 nitrogen and oxygen atoms in total. The standard InChI is InChI=1S/C7H5F4N/c8-4-1-5(9)7(11)6(10)3(4)2-12/h1H,2,12H2. The minimum absolute atomic E-state index is 0.264. The van der Waals surface area contributed by atoms with E-state index in [1.165, 1.54) is 0 Å². The van der Waals surface area contributed by atoms with E-state index in [1.54, 1.807) is 0 Å². The maximum Gasteiger partial charge on any atom is 0.194 e. The molecule has 0 atom stereocenters. The van der Waals surface area contributed by atoms with Gasteiger partial charge in [0.05, 0.1) is 0 Å². The fourth-order valence-electron chi connectivity index (χ4n) is 0.791. The summed E-state index contributed by atoms with van der Waals surface area (Å²) in [5.41, 5.74) is 4.26. The van der Waals surface area contributed by atoms with Gasteiger partial charge in [-0.05, 0) is 0 Å². The average molecular weight is 179 g/mol. The van der Waals surface area contributed by atoms with Crippen LogP contribution in [0.15, 0.2) is 6.07 Å². The highest BCUT2D eigenvalue weighted by molar-refractivity contribution is 5.21. The van der Waals surface area contributed by atoms with E-state index >= 15 is 0 Å². The Hall–Kier alpha value is -1.10.